The van der Waals surface area contributed by atoms with Crippen LogP contribution < -0.4 is 5.90 Å². The van der Waals surface area contributed by atoms with E-state index < -0.39 is 0 Å². The van der Waals surface area contributed by atoms with Gasteiger partial charge in [-0.2, -0.15) is 0 Å². The van der Waals surface area contributed by atoms with Gasteiger partial charge in [0.2, 0.25) is 0 Å². The lowest BCUT2D eigenvalue weighted by atomic mass is 9.83. The smallest absolute Gasteiger partial charge is 0.109 e. The van der Waals surface area contributed by atoms with E-state index in [2.05, 4.69) is 11.8 Å². The minimum atomic E-state index is -0.268. The summed E-state index contributed by atoms with van der Waals surface area (Å²) in [7, 11) is 7.43. The molecule has 0 amide bonds. The summed E-state index contributed by atoms with van der Waals surface area (Å²) in [6.45, 7) is 2.38. The zero-order valence-electron chi connectivity index (χ0n) is 8.10. The summed E-state index contributed by atoms with van der Waals surface area (Å²) in [6.07, 6.45) is 0.777. The third kappa shape index (κ3) is 2.23. The Bertz CT molecular complexity index is 158. The third-order valence-corrected chi connectivity index (χ3v) is 2.55. The molecule has 13 heavy (non-hydrogen) atoms. The highest BCUT2D eigenvalue weighted by molar-refractivity contribution is 6.11. The van der Waals surface area contributed by atoms with Gasteiger partial charge < -0.3 is 14.3 Å². The summed E-state index contributed by atoms with van der Waals surface area (Å²) in [5.41, 5.74) is 0. The Morgan fingerprint density at radius 1 is 1.54 bits per heavy atom. The Morgan fingerprint density at radius 3 is 2.69 bits per heavy atom. The van der Waals surface area contributed by atoms with Crippen LogP contribution in [0.4, 0.5) is 0 Å². The summed E-state index contributed by atoms with van der Waals surface area (Å²) in [5.74, 6) is 5.21. The maximum atomic E-state index is 5.78. The van der Waals surface area contributed by atoms with E-state index in [1.54, 1.807) is 7.11 Å². The molecule has 1 aliphatic rings. The van der Waals surface area contributed by atoms with Gasteiger partial charge in [-0.05, 0) is 6.42 Å². The SMILES string of the molecule is [B]C1OC(CON)C(OC)C1CC. The van der Waals surface area contributed by atoms with Crippen molar-refractivity contribution in [3.05, 3.63) is 0 Å². The molecular formula is C8H16BNO3. The normalized spacial score (nSPS) is 39.6. The molecular weight excluding hydrogens is 169 g/mol. The first-order valence-corrected chi connectivity index (χ1v) is 4.50. The molecule has 1 aliphatic heterocycles. The van der Waals surface area contributed by atoms with Gasteiger partial charge in [0.05, 0.1) is 12.7 Å². The van der Waals surface area contributed by atoms with Crippen LogP contribution in [0.5, 0.6) is 0 Å². The molecule has 4 nitrogen and oxygen atoms in total. The monoisotopic (exact) mass is 185 g/mol. The fraction of sp³-hybridized carbons (Fsp3) is 1.00. The second kappa shape index (κ2) is 4.95. The van der Waals surface area contributed by atoms with Crippen LogP contribution in [0, 0.1) is 5.92 Å². The van der Waals surface area contributed by atoms with Crippen LogP contribution in [0.2, 0.25) is 0 Å². The molecule has 1 rings (SSSR count). The van der Waals surface area contributed by atoms with Crippen molar-refractivity contribution in [2.24, 2.45) is 11.8 Å². The van der Waals surface area contributed by atoms with Crippen molar-refractivity contribution in [1.82, 2.24) is 0 Å². The largest absolute Gasteiger partial charge is 0.379 e. The second-order valence-electron chi connectivity index (χ2n) is 3.24. The highest BCUT2D eigenvalue weighted by Gasteiger charge is 2.40. The summed E-state index contributed by atoms with van der Waals surface area (Å²) in [5, 5.41) is 0. The first kappa shape index (κ1) is 11.0. The minimum Gasteiger partial charge on any atom is -0.379 e. The van der Waals surface area contributed by atoms with Crippen molar-refractivity contribution in [3.63, 3.8) is 0 Å². The van der Waals surface area contributed by atoms with Gasteiger partial charge in [0.1, 0.15) is 14.0 Å². The molecule has 0 bridgehead atoms. The molecule has 2 radical (unpaired) electrons. The number of rotatable bonds is 4. The highest BCUT2D eigenvalue weighted by atomic mass is 16.6. The van der Waals surface area contributed by atoms with Crippen LogP contribution in [-0.2, 0) is 14.3 Å². The molecule has 0 aliphatic carbocycles. The summed E-state index contributed by atoms with van der Waals surface area (Å²) in [6, 6.07) is -0.268. The van der Waals surface area contributed by atoms with E-state index in [1.165, 1.54) is 0 Å². The molecule has 1 fully saturated rings. The van der Waals surface area contributed by atoms with Crippen molar-refractivity contribution in [2.45, 2.75) is 31.6 Å². The standard InChI is InChI=1S/C8H16BNO3/c1-3-5-7(11-2)6(4-12-10)13-8(5)9/h5-8H,3-4,10H2,1-2H3. The zero-order chi connectivity index (χ0) is 9.84. The topological polar surface area (TPSA) is 53.7 Å². The Labute approximate surface area is 80.1 Å². The van der Waals surface area contributed by atoms with Gasteiger partial charge in [-0.1, -0.05) is 6.92 Å². The lowest BCUT2D eigenvalue weighted by molar-refractivity contribution is -0.0453. The number of nitrogens with two attached hydrogens (primary N) is 1. The first-order chi connectivity index (χ1) is 6.24. The number of ether oxygens (including phenoxy) is 2. The Hall–Kier alpha value is -0.0951. The van der Waals surface area contributed by atoms with Gasteiger partial charge in [-0.15, -0.1) is 0 Å². The zero-order valence-corrected chi connectivity index (χ0v) is 8.10. The maximum absolute atomic E-state index is 5.78. The molecule has 0 aromatic rings. The molecule has 4 atom stereocenters. The van der Waals surface area contributed by atoms with Crippen LogP contribution in [0.1, 0.15) is 13.3 Å². The number of methoxy groups -OCH3 is 1. The van der Waals surface area contributed by atoms with E-state index in [0.717, 1.165) is 6.42 Å². The van der Waals surface area contributed by atoms with Crippen molar-refractivity contribution in [2.75, 3.05) is 13.7 Å². The van der Waals surface area contributed by atoms with Gasteiger partial charge in [0.15, 0.2) is 0 Å². The molecule has 1 heterocycles. The van der Waals surface area contributed by atoms with Crippen LogP contribution in [0.25, 0.3) is 0 Å². The van der Waals surface area contributed by atoms with Gasteiger partial charge in [-0.3, -0.25) is 0 Å². The van der Waals surface area contributed by atoms with E-state index >= 15 is 0 Å². The van der Waals surface area contributed by atoms with Gasteiger partial charge in [-0.25, -0.2) is 5.90 Å². The Kier molecular flexibility index (Phi) is 4.19. The van der Waals surface area contributed by atoms with Crippen LogP contribution in [0.15, 0.2) is 0 Å². The molecule has 4 unspecified atom stereocenters. The molecule has 2 N–H and O–H groups in total. The van der Waals surface area contributed by atoms with Crippen molar-refractivity contribution in [1.29, 1.82) is 0 Å². The number of hydrogen-bond acceptors (Lipinski definition) is 4. The fourth-order valence-electron chi connectivity index (χ4n) is 1.86. The minimum absolute atomic E-state index is 0.0106. The molecule has 1 saturated heterocycles. The maximum Gasteiger partial charge on any atom is 0.109 e. The molecule has 74 valence electrons. The van der Waals surface area contributed by atoms with E-state index in [-0.39, 0.29) is 24.1 Å². The summed E-state index contributed by atoms with van der Waals surface area (Å²) in [4.78, 5) is 4.54. The van der Waals surface area contributed by atoms with E-state index in [0.29, 0.717) is 6.61 Å². The lowest BCUT2D eigenvalue weighted by Gasteiger charge is -2.20. The Balaban J connectivity index is 2.57. The molecule has 0 spiro atoms. The predicted molar refractivity (Wildman–Crippen MR) is 49.1 cm³/mol. The molecule has 5 heteroatoms. The molecule has 0 aromatic carbocycles. The van der Waals surface area contributed by atoms with Crippen LogP contribution >= 0.6 is 0 Å². The predicted octanol–water partition coefficient (Wildman–Crippen LogP) is -0.189. The molecule has 0 saturated carbocycles. The quantitative estimate of drug-likeness (QED) is 0.487. The van der Waals surface area contributed by atoms with Crippen LogP contribution in [-0.4, -0.2) is 39.8 Å². The average Bonchev–Trinajstić information content (AvgIpc) is 2.41. The van der Waals surface area contributed by atoms with E-state index in [1.807, 2.05) is 0 Å². The first-order valence-electron chi connectivity index (χ1n) is 4.50. The van der Waals surface area contributed by atoms with Gasteiger partial charge in [0.25, 0.3) is 0 Å². The Morgan fingerprint density at radius 2 is 2.23 bits per heavy atom. The fourth-order valence-corrected chi connectivity index (χ4v) is 1.86. The third-order valence-electron chi connectivity index (χ3n) is 2.55. The lowest BCUT2D eigenvalue weighted by Crippen LogP contribution is -2.33. The second-order valence-corrected chi connectivity index (χ2v) is 3.24. The number of hydrogen-bond donors (Lipinski definition) is 1. The van der Waals surface area contributed by atoms with E-state index in [4.69, 9.17) is 23.2 Å². The molecule has 0 aromatic heterocycles. The van der Waals surface area contributed by atoms with Crippen molar-refractivity contribution in [3.8, 4) is 0 Å². The summed E-state index contributed by atoms with van der Waals surface area (Å²) >= 11 is 0. The van der Waals surface area contributed by atoms with E-state index in [9.17, 15) is 0 Å². The van der Waals surface area contributed by atoms with Crippen molar-refractivity contribution < 1.29 is 14.3 Å². The highest BCUT2D eigenvalue weighted by Crippen LogP contribution is 2.29. The summed E-state index contributed by atoms with van der Waals surface area (Å²) < 4.78 is 10.8. The van der Waals surface area contributed by atoms with Crippen molar-refractivity contribution >= 4 is 7.85 Å². The average molecular weight is 185 g/mol. The van der Waals surface area contributed by atoms with Gasteiger partial charge >= 0.3 is 0 Å². The van der Waals surface area contributed by atoms with Gasteiger partial charge in [0, 0.05) is 19.0 Å². The van der Waals surface area contributed by atoms with Crippen LogP contribution in [0.3, 0.4) is 0 Å².